The largest absolute Gasteiger partial charge is 0.339 e. The van der Waals surface area contributed by atoms with E-state index in [9.17, 15) is 4.79 Å². The second-order valence-corrected chi connectivity index (χ2v) is 3.91. The Bertz CT molecular complexity index is 422. The molecule has 0 spiro atoms. The van der Waals surface area contributed by atoms with Crippen molar-refractivity contribution in [1.82, 2.24) is 5.32 Å². The van der Waals surface area contributed by atoms with Gasteiger partial charge in [-0.15, -0.1) is 0 Å². The highest BCUT2D eigenvalue weighted by Gasteiger charge is 2.38. The van der Waals surface area contributed by atoms with Gasteiger partial charge < -0.3 is 5.32 Å². The molecule has 1 unspecified atom stereocenters. The summed E-state index contributed by atoms with van der Waals surface area (Å²) in [7, 11) is 0. The molecule has 14 heavy (non-hydrogen) atoms. The van der Waals surface area contributed by atoms with Crippen LogP contribution in [-0.4, -0.2) is 5.91 Å². The zero-order valence-corrected chi connectivity index (χ0v) is 8.42. The summed E-state index contributed by atoms with van der Waals surface area (Å²) in [6.45, 7) is 7.85. The Labute approximate surface area is 83.6 Å². The Kier molecular flexibility index (Phi) is 1.74. The lowest BCUT2D eigenvalue weighted by Crippen LogP contribution is -2.36. The Morgan fingerprint density at radius 1 is 1.43 bits per heavy atom. The second kappa shape index (κ2) is 2.71. The van der Waals surface area contributed by atoms with Crippen molar-refractivity contribution in [1.29, 1.82) is 0 Å². The minimum absolute atomic E-state index is 0.00824. The van der Waals surface area contributed by atoms with E-state index < -0.39 is 5.54 Å². The van der Waals surface area contributed by atoms with E-state index in [4.69, 9.17) is 0 Å². The number of nitrogens with one attached hydrogen (secondary N) is 1. The lowest BCUT2D eigenvalue weighted by atomic mass is 9.87. The Balaban J connectivity index is 2.65. The number of rotatable bonds is 1. The molecule has 0 saturated heterocycles. The summed E-state index contributed by atoms with van der Waals surface area (Å²) in [5, 5.41) is 2.96. The van der Waals surface area contributed by atoms with E-state index in [0.29, 0.717) is 0 Å². The van der Waals surface area contributed by atoms with Gasteiger partial charge in [-0.2, -0.15) is 0 Å². The molecule has 0 aromatic heterocycles. The summed E-state index contributed by atoms with van der Waals surface area (Å²) in [4.78, 5) is 11.6. The van der Waals surface area contributed by atoms with E-state index in [1.165, 1.54) is 0 Å². The molecule has 2 nitrogen and oxygen atoms in total. The fourth-order valence-corrected chi connectivity index (χ4v) is 1.82. The highest BCUT2D eigenvalue weighted by molar-refractivity contribution is 6.00. The first-order chi connectivity index (χ1) is 6.55. The quantitative estimate of drug-likeness (QED) is 0.671. The molecule has 1 heterocycles. The molecule has 0 saturated carbocycles. The minimum Gasteiger partial charge on any atom is -0.339 e. The topological polar surface area (TPSA) is 29.1 Å². The van der Waals surface area contributed by atoms with Crippen molar-refractivity contribution >= 4 is 5.91 Å². The molecular weight excluding hydrogens is 174 g/mol. The summed E-state index contributed by atoms with van der Waals surface area (Å²) < 4.78 is 0. The predicted octanol–water partition coefficient (Wildman–Crippen LogP) is 2.22. The van der Waals surface area contributed by atoms with Crippen LogP contribution < -0.4 is 5.32 Å². The SMILES string of the molecule is C=C(C)C1(C)NC(=O)c2ccccc21. The van der Waals surface area contributed by atoms with Crippen LogP contribution in [0.25, 0.3) is 0 Å². The van der Waals surface area contributed by atoms with Crippen LogP contribution in [0.3, 0.4) is 0 Å². The molecule has 1 amide bonds. The first-order valence-corrected chi connectivity index (χ1v) is 4.64. The van der Waals surface area contributed by atoms with Gasteiger partial charge in [-0.1, -0.05) is 30.4 Å². The van der Waals surface area contributed by atoms with Crippen LogP contribution in [0.4, 0.5) is 0 Å². The first-order valence-electron chi connectivity index (χ1n) is 4.64. The van der Waals surface area contributed by atoms with Crippen molar-refractivity contribution in [2.45, 2.75) is 19.4 Å². The fraction of sp³-hybridized carbons (Fsp3) is 0.250. The molecule has 2 rings (SSSR count). The van der Waals surface area contributed by atoms with Crippen molar-refractivity contribution in [2.75, 3.05) is 0 Å². The third-order valence-electron chi connectivity index (χ3n) is 2.93. The Morgan fingerprint density at radius 2 is 2.07 bits per heavy atom. The van der Waals surface area contributed by atoms with E-state index in [0.717, 1.165) is 16.7 Å². The van der Waals surface area contributed by atoms with E-state index in [2.05, 4.69) is 11.9 Å². The second-order valence-electron chi connectivity index (χ2n) is 3.91. The lowest BCUT2D eigenvalue weighted by molar-refractivity contribution is 0.0944. The van der Waals surface area contributed by atoms with Crippen LogP contribution in [0.2, 0.25) is 0 Å². The standard InChI is InChI=1S/C12H13NO/c1-8(2)12(3)10-7-5-4-6-9(10)11(14)13-12/h4-7H,1H2,2-3H3,(H,13,14). The average Bonchev–Trinajstić information content (AvgIpc) is 2.42. The molecule has 0 fully saturated rings. The van der Waals surface area contributed by atoms with Gasteiger partial charge in [-0.3, -0.25) is 4.79 Å². The smallest absolute Gasteiger partial charge is 0.252 e. The number of carbonyl (C=O) groups is 1. The molecule has 1 aliphatic heterocycles. The van der Waals surface area contributed by atoms with Gasteiger partial charge in [0.25, 0.3) is 5.91 Å². The number of carbonyl (C=O) groups excluding carboxylic acids is 1. The van der Waals surface area contributed by atoms with Gasteiger partial charge in [-0.25, -0.2) is 0 Å². The van der Waals surface area contributed by atoms with Gasteiger partial charge in [0.2, 0.25) is 0 Å². The maximum absolute atomic E-state index is 11.6. The highest BCUT2D eigenvalue weighted by atomic mass is 16.2. The number of benzene rings is 1. The highest BCUT2D eigenvalue weighted by Crippen LogP contribution is 2.35. The predicted molar refractivity (Wildman–Crippen MR) is 56.1 cm³/mol. The number of amides is 1. The third kappa shape index (κ3) is 1.00. The summed E-state index contributed by atoms with van der Waals surface area (Å²) >= 11 is 0. The fourth-order valence-electron chi connectivity index (χ4n) is 1.82. The van der Waals surface area contributed by atoms with Crippen molar-refractivity contribution in [2.24, 2.45) is 0 Å². The van der Waals surface area contributed by atoms with Crippen LogP contribution in [0.15, 0.2) is 36.4 Å². The van der Waals surface area contributed by atoms with Gasteiger partial charge in [-0.05, 0) is 25.5 Å². The molecule has 1 atom stereocenters. The van der Waals surface area contributed by atoms with Gasteiger partial charge in [0.15, 0.2) is 0 Å². The molecule has 0 aliphatic carbocycles. The van der Waals surface area contributed by atoms with Crippen molar-refractivity contribution in [3.63, 3.8) is 0 Å². The van der Waals surface area contributed by atoms with Gasteiger partial charge >= 0.3 is 0 Å². The molecule has 2 heteroatoms. The molecule has 1 aromatic carbocycles. The molecular formula is C12H13NO. The molecule has 1 aliphatic rings. The van der Waals surface area contributed by atoms with Crippen LogP contribution in [0.5, 0.6) is 0 Å². The van der Waals surface area contributed by atoms with Crippen molar-refractivity contribution in [3.05, 3.63) is 47.5 Å². The minimum atomic E-state index is -0.395. The van der Waals surface area contributed by atoms with Crippen LogP contribution in [0, 0.1) is 0 Å². The van der Waals surface area contributed by atoms with E-state index in [-0.39, 0.29) is 5.91 Å². The van der Waals surface area contributed by atoms with Crippen LogP contribution in [0.1, 0.15) is 29.8 Å². The summed E-state index contributed by atoms with van der Waals surface area (Å²) in [5.74, 6) is -0.00824. The van der Waals surface area contributed by atoms with Gasteiger partial charge in [0.1, 0.15) is 0 Å². The summed E-state index contributed by atoms with van der Waals surface area (Å²) in [6.07, 6.45) is 0. The maximum Gasteiger partial charge on any atom is 0.252 e. The third-order valence-corrected chi connectivity index (χ3v) is 2.93. The number of hydrogen-bond donors (Lipinski definition) is 1. The number of fused-ring (bicyclic) bond motifs is 1. The molecule has 0 radical (unpaired) electrons. The zero-order chi connectivity index (χ0) is 10.3. The van der Waals surface area contributed by atoms with Crippen LogP contribution >= 0.6 is 0 Å². The van der Waals surface area contributed by atoms with Gasteiger partial charge in [0.05, 0.1) is 5.54 Å². The molecule has 1 N–H and O–H groups in total. The van der Waals surface area contributed by atoms with Gasteiger partial charge in [0, 0.05) is 5.56 Å². The van der Waals surface area contributed by atoms with Crippen molar-refractivity contribution < 1.29 is 4.79 Å². The summed E-state index contributed by atoms with van der Waals surface area (Å²) in [5.41, 5.74) is 2.35. The van der Waals surface area contributed by atoms with Crippen molar-refractivity contribution in [3.8, 4) is 0 Å². The Hall–Kier alpha value is -1.57. The van der Waals surface area contributed by atoms with E-state index >= 15 is 0 Å². The Morgan fingerprint density at radius 3 is 2.71 bits per heavy atom. The van der Waals surface area contributed by atoms with E-state index in [1.54, 1.807) is 0 Å². The zero-order valence-electron chi connectivity index (χ0n) is 8.42. The molecule has 0 bridgehead atoms. The first kappa shape index (κ1) is 9.00. The molecule has 1 aromatic rings. The lowest BCUT2D eigenvalue weighted by Gasteiger charge is -2.25. The summed E-state index contributed by atoms with van der Waals surface area (Å²) in [6, 6.07) is 7.64. The molecule has 72 valence electrons. The number of hydrogen-bond acceptors (Lipinski definition) is 1. The van der Waals surface area contributed by atoms with E-state index in [1.807, 2.05) is 38.1 Å². The maximum atomic E-state index is 11.6. The normalized spacial score (nSPS) is 24.3. The van der Waals surface area contributed by atoms with Crippen LogP contribution in [-0.2, 0) is 5.54 Å². The monoisotopic (exact) mass is 187 g/mol. The average molecular weight is 187 g/mol.